The Bertz CT molecular complexity index is 586. The van der Waals surface area contributed by atoms with Crippen LogP contribution in [-0.2, 0) is 10.0 Å². The van der Waals surface area contributed by atoms with Gasteiger partial charge in [-0.2, -0.15) is 14.7 Å². The molecule has 1 rings (SSSR count). The first-order chi connectivity index (χ1) is 8.30. The minimum Gasteiger partial charge on any atom is -0.478 e. The molecule has 98 valence electrons. The second-order valence-corrected chi connectivity index (χ2v) is 5.72. The average Bonchev–Trinajstić information content (AvgIpc) is 2.78. The minimum absolute atomic E-state index is 0.0308. The molecule has 0 saturated carbocycles. The molecule has 0 aromatic carbocycles. The Balaban J connectivity index is 3.11. The van der Waals surface area contributed by atoms with Crippen molar-refractivity contribution in [1.82, 2.24) is 14.5 Å². The summed E-state index contributed by atoms with van der Waals surface area (Å²) in [5.74, 6) is -1.88. The number of hydrogen-bond donors (Lipinski definition) is 2. The van der Waals surface area contributed by atoms with E-state index in [0.717, 1.165) is 10.5 Å². The van der Waals surface area contributed by atoms with E-state index in [1.54, 1.807) is 6.92 Å². The van der Waals surface area contributed by atoms with Crippen LogP contribution in [0.5, 0.6) is 0 Å². The summed E-state index contributed by atoms with van der Waals surface area (Å²) < 4.78 is 25.0. The molecule has 0 aliphatic carbocycles. The van der Waals surface area contributed by atoms with Crippen LogP contribution in [0.4, 0.5) is 0 Å². The minimum atomic E-state index is -3.99. The third kappa shape index (κ3) is 2.66. The van der Waals surface area contributed by atoms with Gasteiger partial charge in [-0.05, 0) is 6.92 Å². The van der Waals surface area contributed by atoms with Gasteiger partial charge in [0, 0.05) is 13.6 Å². The topological polar surface area (TPSA) is 127 Å². The molecule has 2 N–H and O–H groups in total. The summed E-state index contributed by atoms with van der Waals surface area (Å²) >= 11 is 0. The first-order valence-electron chi connectivity index (χ1n) is 4.93. The molecule has 1 aromatic heterocycles. The number of hydrogen-bond acceptors (Lipinski definition) is 5. The van der Waals surface area contributed by atoms with E-state index >= 15 is 0 Å². The highest BCUT2D eigenvalue weighted by molar-refractivity contribution is 7.89. The van der Waals surface area contributed by atoms with E-state index in [9.17, 15) is 13.2 Å². The third-order valence-corrected chi connectivity index (χ3v) is 4.05. The van der Waals surface area contributed by atoms with Gasteiger partial charge in [-0.1, -0.05) is 0 Å². The van der Waals surface area contributed by atoms with Crippen LogP contribution >= 0.6 is 0 Å². The maximum Gasteiger partial charge on any atom is 0.340 e. The molecule has 1 heterocycles. The van der Waals surface area contributed by atoms with Gasteiger partial charge in [-0.25, -0.2) is 13.2 Å². The number of aromatic carboxylic acids is 1. The summed E-state index contributed by atoms with van der Waals surface area (Å²) in [4.78, 5) is 10.8. The SMILES string of the molecule is CC(C#N)CN(C)S(=O)(=O)c1[nH]ncc1C(=O)O. The third-order valence-electron chi connectivity index (χ3n) is 2.25. The molecule has 18 heavy (non-hydrogen) atoms. The van der Waals surface area contributed by atoms with Crippen molar-refractivity contribution in [2.45, 2.75) is 11.9 Å². The molecule has 0 spiro atoms. The molecule has 1 aromatic rings. The molecule has 0 amide bonds. The van der Waals surface area contributed by atoms with Crippen LogP contribution in [0.3, 0.4) is 0 Å². The highest BCUT2D eigenvalue weighted by Crippen LogP contribution is 2.17. The van der Waals surface area contributed by atoms with E-state index in [-0.39, 0.29) is 6.54 Å². The van der Waals surface area contributed by atoms with Crippen molar-refractivity contribution >= 4 is 16.0 Å². The van der Waals surface area contributed by atoms with Gasteiger partial charge in [0.15, 0.2) is 5.03 Å². The molecule has 0 bridgehead atoms. The number of aromatic nitrogens is 2. The maximum atomic E-state index is 12.1. The molecular formula is C9H12N4O4S. The lowest BCUT2D eigenvalue weighted by Crippen LogP contribution is -2.32. The fourth-order valence-corrected chi connectivity index (χ4v) is 2.62. The molecule has 1 atom stereocenters. The van der Waals surface area contributed by atoms with Crippen molar-refractivity contribution in [1.29, 1.82) is 5.26 Å². The lowest BCUT2D eigenvalue weighted by Gasteiger charge is -2.17. The number of nitrogens with one attached hydrogen (secondary N) is 1. The van der Waals surface area contributed by atoms with Crippen LogP contribution in [0.1, 0.15) is 17.3 Å². The molecule has 8 nitrogen and oxygen atoms in total. The Morgan fingerprint density at radius 3 is 2.83 bits per heavy atom. The molecular weight excluding hydrogens is 260 g/mol. The highest BCUT2D eigenvalue weighted by atomic mass is 32.2. The number of sulfonamides is 1. The van der Waals surface area contributed by atoms with Crippen LogP contribution in [0.15, 0.2) is 11.2 Å². The maximum absolute atomic E-state index is 12.1. The normalized spacial score (nSPS) is 13.2. The van der Waals surface area contributed by atoms with Crippen molar-refractivity contribution in [3.8, 4) is 6.07 Å². The van der Waals surface area contributed by atoms with Crippen molar-refractivity contribution in [2.75, 3.05) is 13.6 Å². The van der Waals surface area contributed by atoms with Crippen LogP contribution in [0.2, 0.25) is 0 Å². The summed E-state index contributed by atoms with van der Waals surface area (Å²) in [7, 11) is -2.72. The van der Waals surface area contributed by atoms with Crippen molar-refractivity contribution in [2.24, 2.45) is 5.92 Å². The lowest BCUT2D eigenvalue weighted by atomic mass is 10.2. The van der Waals surface area contributed by atoms with Crippen LogP contribution in [0.25, 0.3) is 0 Å². The van der Waals surface area contributed by atoms with Gasteiger partial charge in [0.25, 0.3) is 10.0 Å². The fourth-order valence-electron chi connectivity index (χ4n) is 1.30. The number of aromatic amines is 1. The van der Waals surface area contributed by atoms with Crippen LogP contribution < -0.4 is 0 Å². The summed E-state index contributed by atoms with van der Waals surface area (Å²) in [6.07, 6.45) is 0.927. The smallest absolute Gasteiger partial charge is 0.340 e. The Morgan fingerprint density at radius 2 is 2.33 bits per heavy atom. The molecule has 0 fully saturated rings. The van der Waals surface area contributed by atoms with Gasteiger partial charge in [0.05, 0.1) is 18.2 Å². The number of nitrogens with zero attached hydrogens (tertiary/aromatic N) is 3. The van der Waals surface area contributed by atoms with Gasteiger partial charge in [0.1, 0.15) is 5.56 Å². The number of carboxylic acids is 1. The standard InChI is InChI=1S/C9H12N4O4S/c1-6(3-10)5-13(2)18(16,17)8-7(9(14)15)4-11-12-8/h4,6H,5H2,1-2H3,(H,11,12)(H,14,15). The number of nitriles is 1. The first kappa shape index (κ1) is 14.1. The molecule has 0 radical (unpaired) electrons. The number of carbonyl (C=O) groups is 1. The van der Waals surface area contributed by atoms with Crippen molar-refractivity contribution in [3.63, 3.8) is 0 Å². The summed E-state index contributed by atoms with van der Waals surface area (Å²) in [5.41, 5.74) is -0.425. The summed E-state index contributed by atoms with van der Waals surface area (Å²) in [6.45, 7) is 1.54. The predicted molar refractivity (Wildman–Crippen MR) is 60.1 cm³/mol. The molecule has 0 aliphatic rings. The lowest BCUT2D eigenvalue weighted by molar-refractivity contribution is 0.0692. The number of H-pyrrole nitrogens is 1. The Hall–Kier alpha value is -1.92. The Kier molecular flexibility index (Phi) is 4.05. The highest BCUT2D eigenvalue weighted by Gasteiger charge is 2.29. The van der Waals surface area contributed by atoms with E-state index < -0.39 is 32.5 Å². The van der Waals surface area contributed by atoms with Crippen LogP contribution in [-0.4, -0.2) is 47.6 Å². The van der Waals surface area contributed by atoms with E-state index in [0.29, 0.717) is 0 Å². The monoisotopic (exact) mass is 272 g/mol. The molecule has 0 saturated heterocycles. The van der Waals surface area contributed by atoms with Gasteiger partial charge in [-0.3, -0.25) is 5.10 Å². The van der Waals surface area contributed by atoms with E-state index in [2.05, 4.69) is 10.2 Å². The Labute approximate surface area is 104 Å². The molecule has 0 aliphatic heterocycles. The molecule has 1 unspecified atom stereocenters. The van der Waals surface area contributed by atoms with E-state index in [1.807, 2.05) is 6.07 Å². The van der Waals surface area contributed by atoms with E-state index in [4.69, 9.17) is 10.4 Å². The summed E-state index contributed by atoms with van der Waals surface area (Å²) in [6, 6.07) is 1.90. The van der Waals surface area contributed by atoms with Crippen LogP contribution in [0, 0.1) is 17.2 Å². The summed E-state index contributed by atoms with van der Waals surface area (Å²) in [5, 5.41) is 22.6. The van der Waals surface area contributed by atoms with Gasteiger partial charge in [-0.15, -0.1) is 0 Å². The zero-order valence-electron chi connectivity index (χ0n) is 9.78. The van der Waals surface area contributed by atoms with Gasteiger partial charge in [0.2, 0.25) is 0 Å². The number of carboxylic acid groups (broad SMARTS) is 1. The largest absolute Gasteiger partial charge is 0.478 e. The van der Waals surface area contributed by atoms with Crippen molar-refractivity contribution in [3.05, 3.63) is 11.8 Å². The first-order valence-corrected chi connectivity index (χ1v) is 6.37. The average molecular weight is 272 g/mol. The second kappa shape index (κ2) is 5.16. The van der Waals surface area contributed by atoms with Crippen molar-refractivity contribution < 1.29 is 18.3 Å². The fraction of sp³-hybridized carbons (Fsp3) is 0.444. The second-order valence-electron chi connectivity index (χ2n) is 3.73. The number of rotatable bonds is 5. The predicted octanol–water partition coefficient (Wildman–Crippen LogP) is -0.112. The zero-order chi connectivity index (χ0) is 13.9. The molecule has 9 heteroatoms. The van der Waals surface area contributed by atoms with E-state index in [1.165, 1.54) is 7.05 Å². The zero-order valence-corrected chi connectivity index (χ0v) is 10.6. The quantitative estimate of drug-likeness (QED) is 0.769. The Morgan fingerprint density at radius 1 is 1.72 bits per heavy atom. The van der Waals surface area contributed by atoms with Gasteiger partial charge >= 0.3 is 5.97 Å². The van der Waals surface area contributed by atoms with Gasteiger partial charge < -0.3 is 5.11 Å².